The van der Waals surface area contributed by atoms with Crippen LogP contribution in [0.15, 0.2) is 53.0 Å². The molecule has 2 nitrogen and oxygen atoms in total. The Morgan fingerprint density at radius 2 is 1.78 bits per heavy atom. The van der Waals surface area contributed by atoms with Gasteiger partial charge in [-0.15, -0.1) is 0 Å². The van der Waals surface area contributed by atoms with Gasteiger partial charge >= 0.3 is 0 Å². The number of methoxy groups -OCH3 is 1. The third-order valence-electron chi connectivity index (χ3n) is 2.71. The van der Waals surface area contributed by atoms with E-state index in [1.54, 1.807) is 7.11 Å². The van der Waals surface area contributed by atoms with Crippen molar-refractivity contribution in [2.45, 2.75) is 6.42 Å². The molecule has 0 fully saturated rings. The van der Waals surface area contributed by atoms with Crippen LogP contribution in [0.2, 0.25) is 0 Å². The van der Waals surface area contributed by atoms with Crippen molar-refractivity contribution in [2.24, 2.45) is 0 Å². The van der Waals surface area contributed by atoms with E-state index < -0.39 is 0 Å². The lowest BCUT2D eigenvalue weighted by atomic mass is 10.0. The number of hydrogen-bond donors (Lipinski definition) is 0. The van der Waals surface area contributed by atoms with Crippen molar-refractivity contribution < 1.29 is 9.53 Å². The fraction of sp³-hybridized carbons (Fsp3) is 0.133. The topological polar surface area (TPSA) is 26.3 Å². The molecule has 0 aliphatic heterocycles. The smallest absolute Gasteiger partial charge is 0.167 e. The van der Waals surface area contributed by atoms with Crippen LogP contribution >= 0.6 is 15.9 Å². The number of benzene rings is 2. The van der Waals surface area contributed by atoms with Crippen LogP contribution in [0.25, 0.3) is 0 Å². The molecule has 3 heteroatoms. The van der Waals surface area contributed by atoms with E-state index in [1.807, 2.05) is 48.5 Å². The summed E-state index contributed by atoms with van der Waals surface area (Å²) in [5.41, 5.74) is 1.62. The molecule has 2 aromatic rings. The minimum atomic E-state index is 0.0898. The quantitative estimate of drug-likeness (QED) is 0.801. The largest absolute Gasteiger partial charge is 0.496 e. The molecule has 92 valence electrons. The van der Waals surface area contributed by atoms with E-state index in [-0.39, 0.29) is 5.78 Å². The van der Waals surface area contributed by atoms with Gasteiger partial charge in [-0.1, -0.05) is 46.3 Å². The molecule has 0 heterocycles. The Morgan fingerprint density at radius 3 is 2.44 bits per heavy atom. The minimum Gasteiger partial charge on any atom is -0.496 e. The molecule has 0 spiro atoms. The number of para-hydroxylation sites is 1. The Balaban J connectivity index is 2.18. The number of carbonyl (C=O) groups excluding carboxylic acids is 1. The summed E-state index contributed by atoms with van der Waals surface area (Å²) in [4.78, 5) is 12.1. The Kier molecular flexibility index (Phi) is 4.15. The molecule has 0 N–H and O–H groups in total. The normalized spacial score (nSPS) is 10.1. The number of Topliss-reactive ketones (excluding diaryl/α,β-unsaturated/α-hetero) is 1. The number of halogens is 1. The van der Waals surface area contributed by atoms with Gasteiger partial charge in [-0.2, -0.15) is 0 Å². The van der Waals surface area contributed by atoms with Gasteiger partial charge < -0.3 is 4.74 Å². The highest BCUT2D eigenvalue weighted by molar-refractivity contribution is 9.10. The molecule has 0 saturated heterocycles. The highest BCUT2D eigenvalue weighted by atomic mass is 79.9. The van der Waals surface area contributed by atoms with Crippen molar-refractivity contribution in [1.82, 2.24) is 0 Å². The monoisotopic (exact) mass is 304 g/mol. The second-order valence-corrected chi connectivity index (χ2v) is 4.83. The first-order valence-corrected chi connectivity index (χ1v) is 6.40. The van der Waals surface area contributed by atoms with Crippen LogP contribution in [0.1, 0.15) is 15.9 Å². The van der Waals surface area contributed by atoms with Crippen molar-refractivity contribution in [3.8, 4) is 5.75 Å². The molecule has 0 bridgehead atoms. The molecular formula is C15H13BrO2. The van der Waals surface area contributed by atoms with Gasteiger partial charge in [0.2, 0.25) is 0 Å². The van der Waals surface area contributed by atoms with Crippen LogP contribution < -0.4 is 4.74 Å². The molecular weight excluding hydrogens is 292 g/mol. The van der Waals surface area contributed by atoms with Crippen molar-refractivity contribution in [1.29, 1.82) is 0 Å². The summed E-state index contributed by atoms with van der Waals surface area (Å²) >= 11 is 3.35. The molecule has 0 aromatic heterocycles. The van der Waals surface area contributed by atoms with E-state index >= 15 is 0 Å². The Hall–Kier alpha value is -1.61. The van der Waals surface area contributed by atoms with E-state index in [1.165, 1.54) is 0 Å². The van der Waals surface area contributed by atoms with Crippen molar-refractivity contribution in [3.63, 3.8) is 0 Å². The standard InChI is InChI=1S/C15H13BrO2/c1-18-15-5-3-2-4-12(15)10-14(17)11-6-8-13(16)9-7-11/h2-9H,10H2,1H3. The lowest BCUT2D eigenvalue weighted by Gasteiger charge is -2.07. The number of carbonyl (C=O) groups is 1. The molecule has 0 unspecified atom stereocenters. The van der Waals surface area contributed by atoms with Gasteiger partial charge in [0.15, 0.2) is 5.78 Å². The second kappa shape index (κ2) is 5.83. The average Bonchev–Trinajstić information content (AvgIpc) is 2.40. The van der Waals surface area contributed by atoms with Crippen LogP contribution in [-0.2, 0) is 6.42 Å². The molecule has 0 aliphatic carbocycles. The molecule has 0 atom stereocenters. The van der Waals surface area contributed by atoms with Gasteiger partial charge in [0.1, 0.15) is 5.75 Å². The fourth-order valence-electron chi connectivity index (χ4n) is 1.76. The molecule has 18 heavy (non-hydrogen) atoms. The van der Waals surface area contributed by atoms with E-state index in [2.05, 4.69) is 15.9 Å². The third kappa shape index (κ3) is 2.99. The maximum absolute atomic E-state index is 12.1. The summed E-state index contributed by atoms with van der Waals surface area (Å²) in [7, 11) is 1.61. The van der Waals surface area contributed by atoms with Crippen LogP contribution in [0.3, 0.4) is 0 Å². The summed E-state index contributed by atoms with van der Waals surface area (Å²) in [6, 6.07) is 15.0. The van der Waals surface area contributed by atoms with Crippen LogP contribution in [0.4, 0.5) is 0 Å². The lowest BCUT2D eigenvalue weighted by Crippen LogP contribution is -2.04. The first-order valence-electron chi connectivity index (χ1n) is 5.61. The van der Waals surface area contributed by atoms with Gasteiger partial charge in [0.25, 0.3) is 0 Å². The Labute approximate surface area is 115 Å². The van der Waals surface area contributed by atoms with E-state index in [9.17, 15) is 4.79 Å². The molecule has 0 aliphatic rings. The average molecular weight is 305 g/mol. The summed E-state index contributed by atoms with van der Waals surface area (Å²) in [5.74, 6) is 0.843. The fourth-order valence-corrected chi connectivity index (χ4v) is 2.02. The SMILES string of the molecule is COc1ccccc1CC(=O)c1ccc(Br)cc1. The van der Waals surface area contributed by atoms with Gasteiger partial charge in [-0.25, -0.2) is 0 Å². The van der Waals surface area contributed by atoms with Gasteiger partial charge in [0.05, 0.1) is 7.11 Å². The molecule has 2 rings (SSSR count). The number of ketones is 1. The molecule has 0 radical (unpaired) electrons. The van der Waals surface area contributed by atoms with Crippen LogP contribution in [-0.4, -0.2) is 12.9 Å². The Bertz CT molecular complexity index is 547. The molecule has 0 saturated carbocycles. The van der Waals surface area contributed by atoms with Crippen LogP contribution in [0.5, 0.6) is 5.75 Å². The van der Waals surface area contributed by atoms with E-state index in [0.717, 1.165) is 15.8 Å². The highest BCUT2D eigenvalue weighted by Gasteiger charge is 2.10. The Morgan fingerprint density at radius 1 is 1.11 bits per heavy atom. The van der Waals surface area contributed by atoms with Gasteiger partial charge in [-0.05, 0) is 18.2 Å². The van der Waals surface area contributed by atoms with E-state index in [4.69, 9.17) is 4.74 Å². The zero-order valence-corrected chi connectivity index (χ0v) is 11.6. The van der Waals surface area contributed by atoms with Crippen LogP contribution in [0, 0.1) is 0 Å². The number of hydrogen-bond acceptors (Lipinski definition) is 2. The summed E-state index contributed by atoms with van der Waals surface area (Å²) in [6.07, 6.45) is 0.353. The lowest BCUT2D eigenvalue weighted by molar-refractivity contribution is 0.0992. The molecule has 0 amide bonds. The zero-order valence-electron chi connectivity index (χ0n) is 10.0. The maximum Gasteiger partial charge on any atom is 0.167 e. The number of rotatable bonds is 4. The van der Waals surface area contributed by atoms with Gasteiger partial charge in [0, 0.05) is 22.0 Å². The van der Waals surface area contributed by atoms with E-state index in [0.29, 0.717) is 12.0 Å². The molecule has 2 aromatic carbocycles. The first-order chi connectivity index (χ1) is 8.70. The third-order valence-corrected chi connectivity index (χ3v) is 3.24. The predicted molar refractivity (Wildman–Crippen MR) is 75.2 cm³/mol. The highest BCUT2D eigenvalue weighted by Crippen LogP contribution is 2.20. The first kappa shape index (κ1) is 12.8. The second-order valence-electron chi connectivity index (χ2n) is 3.92. The number of ether oxygens (including phenoxy) is 1. The van der Waals surface area contributed by atoms with Gasteiger partial charge in [-0.3, -0.25) is 4.79 Å². The summed E-state index contributed by atoms with van der Waals surface area (Å²) in [5, 5.41) is 0. The summed E-state index contributed by atoms with van der Waals surface area (Å²) in [6.45, 7) is 0. The predicted octanol–water partition coefficient (Wildman–Crippen LogP) is 3.88. The maximum atomic E-state index is 12.1. The minimum absolute atomic E-state index is 0.0898. The van der Waals surface area contributed by atoms with Crippen molar-refractivity contribution >= 4 is 21.7 Å². The van der Waals surface area contributed by atoms with Crippen molar-refractivity contribution in [2.75, 3.05) is 7.11 Å². The summed E-state index contributed by atoms with van der Waals surface area (Å²) < 4.78 is 6.21. The van der Waals surface area contributed by atoms with Crippen molar-refractivity contribution in [3.05, 3.63) is 64.1 Å². The zero-order chi connectivity index (χ0) is 13.0.